The van der Waals surface area contributed by atoms with E-state index < -0.39 is 29.0 Å². The quantitative estimate of drug-likeness (QED) is 0.512. The molecule has 0 radical (unpaired) electrons. The Hall–Kier alpha value is -2.87. The van der Waals surface area contributed by atoms with Crippen LogP contribution >= 0.6 is 0 Å². The molecule has 0 aliphatic carbocycles. The van der Waals surface area contributed by atoms with Gasteiger partial charge in [-0.3, -0.25) is 4.68 Å². The Labute approximate surface area is 158 Å². The van der Waals surface area contributed by atoms with Gasteiger partial charge in [-0.15, -0.1) is 0 Å². The topological polar surface area (TPSA) is 39.1 Å². The molecule has 146 valence electrons. The highest BCUT2D eigenvalue weighted by Crippen LogP contribution is 2.31. The van der Waals surface area contributed by atoms with Crippen LogP contribution in [0.2, 0.25) is 0 Å². The van der Waals surface area contributed by atoms with Crippen LogP contribution in [-0.2, 0) is 0 Å². The number of piperidine rings is 1. The molecule has 2 heterocycles. The summed E-state index contributed by atoms with van der Waals surface area (Å²) in [7, 11) is 0. The van der Waals surface area contributed by atoms with E-state index in [0.717, 1.165) is 32.0 Å². The van der Waals surface area contributed by atoms with E-state index in [-0.39, 0.29) is 17.4 Å². The van der Waals surface area contributed by atoms with E-state index in [2.05, 4.69) is 10.4 Å². The van der Waals surface area contributed by atoms with Crippen LogP contribution in [0.5, 0.6) is 11.5 Å². The Morgan fingerprint density at radius 3 is 2.64 bits per heavy atom. The van der Waals surface area contributed by atoms with Gasteiger partial charge >= 0.3 is 0 Å². The summed E-state index contributed by atoms with van der Waals surface area (Å²) in [6.45, 7) is 1.79. The second-order valence-corrected chi connectivity index (χ2v) is 6.62. The molecule has 1 unspecified atom stereocenters. The van der Waals surface area contributed by atoms with Crippen LogP contribution in [-0.4, -0.2) is 22.9 Å². The Kier molecular flexibility index (Phi) is 5.04. The molecule has 2 aromatic carbocycles. The Morgan fingerprint density at radius 2 is 1.89 bits per heavy atom. The largest absolute Gasteiger partial charge is 0.454 e. The summed E-state index contributed by atoms with van der Waals surface area (Å²) in [6.07, 6.45) is 3.86. The van der Waals surface area contributed by atoms with E-state index in [9.17, 15) is 17.6 Å². The molecule has 0 amide bonds. The molecular weight excluding hydrogens is 374 g/mol. The highest BCUT2D eigenvalue weighted by Gasteiger charge is 2.18. The van der Waals surface area contributed by atoms with Crippen molar-refractivity contribution in [3.63, 3.8) is 0 Å². The number of ether oxygens (including phenoxy) is 1. The number of hydrogen-bond acceptors (Lipinski definition) is 3. The van der Waals surface area contributed by atoms with E-state index in [1.807, 2.05) is 10.9 Å². The Bertz CT molecular complexity index is 999. The normalized spacial score (nSPS) is 16.9. The first kappa shape index (κ1) is 18.5. The first-order valence-corrected chi connectivity index (χ1v) is 8.89. The van der Waals surface area contributed by atoms with Crippen molar-refractivity contribution in [2.45, 2.75) is 18.9 Å². The number of nitrogens with zero attached hydrogens (tertiary/aromatic N) is 2. The van der Waals surface area contributed by atoms with Crippen LogP contribution in [0.4, 0.5) is 17.6 Å². The van der Waals surface area contributed by atoms with Gasteiger partial charge in [-0.2, -0.15) is 9.49 Å². The average molecular weight is 391 g/mol. The SMILES string of the molecule is Fc1cc(F)c(F)c(Oc2ccc(-c3ccn(C4CCCNC4)n3)c(F)c2)c1. The van der Waals surface area contributed by atoms with Crippen molar-refractivity contribution in [1.82, 2.24) is 15.1 Å². The molecule has 0 spiro atoms. The minimum Gasteiger partial charge on any atom is -0.454 e. The lowest BCUT2D eigenvalue weighted by Gasteiger charge is -2.22. The zero-order chi connectivity index (χ0) is 19.7. The molecule has 3 aromatic rings. The van der Waals surface area contributed by atoms with Crippen molar-refractivity contribution in [3.8, 4) is 22.8 Å². The Morgan fingerprint density at radius 1 is 1.04 bits per heavy atom. The van der Waals surface area contributed by atoms with Crippen molar-refractivity contribution in [2.75, 3.05) is 13.1 Å². The van der Waals surface area contributed by atoms with Gasteiger partial charge in [0.2, 0.25) is 5.82 Å². The van der Waals surface area contributed by atoms with Crippen LogP contribution in [0.15, 0.2) is 42.6 Å². The molecule has 0 bridgehead atoms. The van der Waals surface area contributed by atoms with Crippen molar-refractivity contribution < 1.29 is 22.3 Å². The van der Waals surface area contributed by atoms with Crippen LogP contribution in [0.1, 0.15) is 18.9 Å². The number of benzene rings is 2. The zero-order valence-corrected chi connectivity index (χ0v) is 14.8. The highest BCUT2D eigenvalue weighted by atomic mass is 19.2. The summed E-state index contributed by atoms with van der Waals surface area (Å²) >= 11 is 0. The van der Waals surface area contributed by atoms with Crippen molar-refractivity contribution in [2.24, 2.45) is 0 Å². The summed E-state index contributed by atoms with van der Waals surface area (Å²) in [5.41, 5.74) is 0.707. The second kappa shape index (κ2) is 7.63. The van der Waals surface area contributed by atoms with Crippen LogP contribution in [0.3, 0.4) is 0 Å². The number of nitrogens with one attached hydrogen (secondary N) is 1. The lowest BCUT2D eigenvalue weighted by molar-refractivity contribution is 0.347. The lowest BCUT2D eigenvalue weighted by Crippen LogP contribution is -2.31. The fraction of sp³-hybridized carbons (Fsp3) is 0.250. The summed E-state index contributed by atoms with van der Waals surface area (Å²) in [4.78, 5) is 0. The van der Waals surface area contributed by atoms with Gasteiger partial charge in [0.1, 0.15) is 17.4 Å². The second-order valence-electron chi connectivity index (χ2n) is 6.62. The summed E-state index contributed by atoms with van der Waals surface area (Å²) in [5.74, 6) is -5.09. The maximum absolute atomic E-state index is 14.6. The van der Waals surface area contributed by atoms with E-state index in [0.29, 0.717) is 17.8 Å². The van der Waals surface area contributed by atoms with Crippen molar-refractivity contribution in [3.05, 3.63) is 65.9 Å². The fourth-order valence-electron chi connectivity index (χ4n) is 3.24. The standard InChI is InChI=1S/C20H17F4N3O/c21-12-8-17(23)20(24)19(9-12)28-14-3-4-15(16(22)10-14)18-5-7-27(26-18)13-2-1-6-25-11-13/h3-5,7-10,13,25H,1-2,6,11H2. The van der Waals surface area contributed by atoms with Gasteiger partial charge in [-0.1, -0.05) is 0 Å². The third-order valence-electron chi connectivity index (χ3n) is 4.66. The zero-order valence-electron chi connectivity index (χ0n) is 14.8. The van der Waals surface area contributed by atoms with E-state index in [1.54, 1.807) is 6.07 Å². The van der Waals surface area contributed by atoms with E-state index in [4.69, 9.17) is 4.74 Å². The van der Waals surface area contributed by atoms with Gasteiger partial charge in [-0.05, 0) is 37.6 Å². The third-order valence-corrected chi connectivity index (χ3v) is 4.66. The first-order chi connectivity index (χ1) is 13.5. The molecule has 1 aliphatic rings. The van der Waals surface area contributed by atoms with Crippen molar-refractivity contribution >= 4 is 0 Å². The van der Waals surface area contributed by atoms with Crippen molar-refractivity contribution in [1.29, 1.82) is 0 Å². The number of rotatable bonds is 4. The van der Waals surface area contributed by atoms with Gasteiger partial charge in [0, 0.05) is 36.5 Å². The smallest absolute Gasteiger partial charge is 0.201 e. The highest BCUT2D eigenvalue weighted by molar-refractivity contribution is 5.60. The maximum Gasteiger partial charge on any atom is 0.201 e. The molecule has 1 fully saturated rings. The molecule has 28 heavy (non-hydrogen) atoms. The molecule has 0 saturated carbocycles. The van der Waals surface area contributed by atoms with Gasteiger partial charge in [-0.25, -0.2) is 13.2 Å². The van der Waals surface area contributed by atoms with E-state index in [1.165, 1.54) is 12.1 Å². The predicted octanol–water partition coefficient (Wildman–Crippen LogP) is 4.82. The Balaban J connectivity index is 1.56. The summed E-state index contributed by atoms with van der Waals surface area (Å²) in [5, 5.41) is 7.75. The minimum atomic E-state index is -1.38. The molecule has 8 heteroatoms. The van der Waals surface area contributed by atoms with Crippen LogP contribution in [0, 0.1) is 23.3 Å². The molecule has 1 saturated heterocycles. The maximum atomic E-state index is 14.6. The third kappa shape index (κ3) is 3.73. The molecule has 4 rings (SSSR count). The number of hydrogen-bond donors (Lipinski definition) is 1. The lowest BCUT2D eigenvalue weighted by atomic mass is 10.1. The minimum absolute atomic E-state index is 0.0823. The van der Waals surface area contributed by atoms with Gasteiger partial charge in [0.15, 0.2) is 11.6 Å². The number of aromatic nitrogens is 2. The summed E-state index contributed by atoms with van der Waals surface area (Å²) in [6, 6.07) is 6.90. The van der Waals surface area contributed by atoms with Gasteiger partial charge in [0.25, 0.3) is 0 Å². The average Bonchev–Trinajstić information content (AvgIpc) is 3.16. The predicted molar refractivity (Wildman–Crippen MR) is 95.2 cm³/mol. The summed E-state index contributed by atoms with van der Waals surface area (Å²) < 4.78 is 61.7. The molecule has 1 aliphatic heterocycles. The number of halogens is 4. The molecule has 1 aromatic heterocycles. The van der Waals surface area contributed by atoms with Gasteiger partial charge in [0.05, 0.1) is 11.7 Å². The van der Waals surface area contributed by atoms with E-state index >= 15 is 0 Å². The van der Waals surface area contributed by atoms with Crippen LogP contribution < -0.4 is 10.1 Å². The fourth-order valence-corrected chi connectivity index (χ4v) is 3.24. The first-order valence-electron chi connectivity index (χ1n) is 8.89. The molecule has 1 N–H and O–H groups in total. The van der Waals surface area contributed by atoms with Gasteiger partial charge < -0.3 is 10.1 Å². The van der Waals surface area contributed by atoms with Crippen LogP contribution in [0.25, 0.3) is 11.3 Å². The molecular formula is C20H17F4N3O. The molecule has 1 atom stereocenters. The molecule has 4 nitrogen and oxygen atoms in total. The monoisotopic (exact) mass is 391 g/mol.